The van der Waals surface area contributed by atoms with Crippen LogP contribution in [-0.2, 0) is 0 Å². The molecule has 15 heavy (non-hydrogen) atoms. The summed E-state index contributed by atoms with van der Waals surface area (Å²) < 4.78 is 0. The summed E-state index contributed by atoms with van der Waals surface area (Å²) >= 11 is 0. The molecule has 0 fully saturated rings. The number of hydrogen-bond acceptors (Lipinski definition) is 4. The highest BCUT2D eigenvalue weighted by Gasteiger charge is 2.08. The number of non-ortho nitro benzene ring substituents is 1. The van der Waals surface area contributed by atoms with Gasteiger partial charge in [-0.25, -0.2) is 0 Å². The largest absolute Gasteiger partial charge is 0.396 e. The number of benzene rings is 1. The first-order valence-corrected chi connectivity index (χ1v) is 4.26. The van der Waals surface area contributed by atoms with Crippen LogP contribution in [0.2, 0.25) is 0 Å². The average Bonchev–Trinajstić information content (AvgIpc) is 2.18. The van der Waals surface area contributed by atoms with Gasteiger partial charge in [-0.05, 0) is 12.0 Å². The van der Waals surface area contributed by atoms with Crippen LogP contribution in [0.3, 0.4) is 0 Å². The summed E-state index contributed by atoms with van der Waals surface area (Å²) in [4.78, 5) is 9.89. The number of halogens is 1. The Hall–Kier alpha value is -1.17. The van der Waals surface area contributed by atoms with Gasteiger partial charge >= 0.3 is 0 Å². The van der Waals surface area contributed by atoms with Gasteiger partial charge in [0.25, 0.3) is 5.69 Å². The molecule has 5 nitrogen and oxygen atoms in total. The highest BCUT2D eigenvalue weighted by molar-refractivity contribution is 5.85. The Morgan fingerprint density at radius 2 is 1.93 bits per heavy atom. The summed E-state index contributed by atoms with van der Waals surface area (Å²) in [6.07, 6.45) is 0.456. The topological polar surface area (TPSA) is 89.4 Å². The van der Waals surface area contributed by atoms with Crippen LogP contribution < -0.4 is 5.73 Å². The summed E-state index contributed by atoms with van der Waals surface area (Å²) in [5, 5.41) is 19.0. The molecule has 84 valence electrons. The predicted molar refractivity (Wildman–Crippen MR) is 59.0 cm³/mol. The van der Waals surface area contributed by atoms with Crippen LogP contribution in [0.15, 0.2) is 24.3 Å². The molecule has 0 saturated heterocycles. The number of nitro groups is 1. The molecule has 0 aliphatic carbocycles. The molecule has 6 heteroatoms. The molecule has 0 saturated carbocycles. The van der Waals surface area contributed by atoms with E-state index in [0.717, 1.165) is 5.56 Å². The first-order chi connectivity index (χ1) is 6.65. The number of nitrogens with zero attached hydrogens (tertiary/aromatic N) is 1. The SMILES string of the molecule is Cl.N[C@@H](CCO)c1ccc([N+](=O)[O-])cc1. The van der Waals surface area contributed by atoms with Crippen LogP contribution in [-0.4, -0.2) is 16.6 Å². The Bertz CT molecular complexity index is 316. The predicted octanol–water partition coefficient (Wildman–Crippen LogP) is 1.40. The Kier molecular flexibility index (Phi) is 5.84. The van der Waals surface area contributed by atoms with Crippen molar-refractivity contribution in [3.05, 3.63) is 39.9 Å². The number of nitrogens with two attached hydrogens (primary N) is 1. The minimum Gasteiger partial charge on any atom is -0.396 e. The third-order valence-electron chi connectivity index (χ3n) is 1.97. The Morgan fingerprint density at radius 3 is 2.33 bits per heavy atom. The number of rotatable bonds is 4. The summed E-state index contributed by atoms with van der Waals surface area (Å²) in [5.74, 6) is 0. The first kappa shape index (κ1) is 13.8. The molecule has 0 amide bonds. The maximum absolute atomic E-state index is 10.3. The van der Waals surface area contributed by atoms with Crippen molar-refractivity contribution in [1.29, 1.82) is 0 Å². The molecule has 0 aliphatic rings. The van der Waals surface area contributed by atoms with Crippen molar-refractivity contribution in [3.8, 4) is 0 Å². The molecule has 3 N–H and O–H groups in total. The Balaban J connectivity index is 0.00000196. The second-order valence-corrected chi connectivity index (χ2v) is 2.97. The normalized spacial score (nSPS) is 11.6. The van der Waals surface area contributed by atoms with Crippen LogP contribution in [0.25, 0.3) is 0 Å². The van der Waals surface area contributed by atoms with Gasteiger partial charge in [0.15, 0.2) is 0 Å². The lowest BCUT2D eigenvalue weighted by molar-refractivity contribution is -0.384. The van der Waals surface area contributed by atoms with Crippen LogP contribution in [0.4, 0.5) is 5.69 Å². The van der Waals surface area contributed by atoms with E-state index in [1.165, 1.54) is 12.1 Å². The van der Waals surface area contributed by atoms with Crippen LogP contribution >= 0.6 is 12.4 Å². The summed E-state index contributed by atoms with van der Waals surface area (Å²) in [6, 6.07) is 5.77. The second-order valence-electron chi connectivity index (χ2n) is 2.97. The molecule has 0 aliphatic heterocycles. The van der Waals surface area contributed by atoms with Crippen molar-refractivity contribution < 1.29 is 10.0 Å². The van der Waals surface area contributed by atoms with Gasteiger partial charge in [0, 0.05) is 24.8 Å². The van der Waals surface area contributed by atoms with Crippen molar-refractivity contribution in [1.82, 2.24) is 0 Å². The molecule has 1 aromatic rings. The maximum Gasteiger partial charge on any atom is 0.269 e. The third kappa shape index (κ3) is 3.83. The minimum atomic E-state index is -0.457. The molecule has 0 bridgehead atoms. The van der Waals surface area contributed by atoms with Crippen molar-refractivity contribution >= 4 is 18.1 Å². The van der Waals surface area contributed by atoms with Gasteiger partial charge in [0.1, 0.15) is 0 Å². The third-order valence-corrected chi connectivity index (χ3v) is 1.97. The standard InChI is InChI=1S/C9H12N2O3.ClH/c10-9(5-6-12)7-1-3-8(4-2-7)11(13)14;/h1-4,9,12H,5-6,10H2;1H/t9-;/m0./s1. The molecule has 1 rings (SSSR count). The molecule has 0 spiro atoms. The van der Waals surface area contributed by atoms with E-state index in [4.69, 9.17) is 10.8 Å². The molecule has 0 aromatic heterocycles. The lowest BCUT2D eigenvalue weighted by Gasteiger charge is -2.09. The molecule has 1 aromatic carbocycles. The van der Waals surface area contributed by atoms with Gasteiger partial charge < -0.3 is 10.8 Å². The highest BCUT2D eigenvalue weighted by atomic mass is 35.5. The lowest BCUT2D eigenvalue weighted by Crippen LogP contribution is -2.11. The number of aliphatic hydroxyl groups excluding tert-OH is 1. The van der Waals surface area contributed by atoms with Gasteiger partial charge in [-0.15, -0.1) is 12.4 Å². The summed E-state index contributed by atoms with van der Waals surface area (Å²) in [7, 11) is 0. The monoisotopic (exact) mass is 232 g/mol. The van der Waals surface area contributed by atoms with E-state index in [0.29, 0.717) is 6.42 Å². The average molecular weight is 233 g/mol. The Morgan fingerprint density at radius 1 is 1.40 bits per heavy atom. The van der Waals surface area contributed by atoms with Crippen molar-refractivity contribution in [2.24, 2.45) is 5.73 Å². The fourth-order valence-corrected chi connectivity index (χ4v) is 1.15. The Labute approximate surface area is 93.5 Å². The molecule has 0 radical (unpaired) electrons. The number of hydrogen-bond donors (Lipinski definition) is 2. The van der Waals surface area contributed by atoms with Gasteiger partial charge in [-0.1, -0.05) is 12.1 Å². The smallest absolute Gasteiger partial charge is 0.269 e. The van der Waals surface area contributed by atoms with E-state index < -0.39 is 4.92 Å². The summed E-state index contributed by atoms with van der Waals surface area (Å²) in [6.45, 7) is 0.0121. The minimum absolute atomic E-state index is 0. The zero-order chi connectivity index (χ0) is 10.6. The molecular weight excluding hydrogens is 220 g/mol. The number of nitro benzene ring substituents is 1. The van der Waals surface area contributed by atoms with Gasteiger partial charge in [-0.2, -0.15) is 0 Å². The van der Waals surface area contributed by atoms with E-state index in [9.17, 15) is 10.1 Å². The fourth-order valence-electron chi connectivity index (χ4n) is 1.15. The van der Waals surface area contributed by atoms with Crippen molar-refractivity contribution in [3.63, 3.8) is 0 Å². The second kappa shape index (κ2) is 6.34. The van der Waals surface area contributed by atoms with E-state index in [1.807, 2.05) is 0 Å². The van der Waals surface area contributed by atoms with Crippen molar-refractivity contribution in [2.75, 3.05) is 6.61 Å². The highest BCUT2D eigenvalue weighted by Crippen LogP contribution is 2.17. The van der Waals surface area contributed by atoms with Crippen LogP contribution in [0.1, 0.15) is 18.0 Å². The number of aliphatic hydroxyl groups is 1. The zero-order valence-electron chi connectivity index (χ0n) is 8.00. The quantitative estimate of drug-likeness (QED) is 0.607. The maximum atomic E-state index is 10.3. The summed E-state index contributed by atoms with van der Waals surface area (Å²) in [5.41, 5.74) is 6.54. The lowest BCUT2D eigenvalue weighted by atomic mass is 10.1. The van der Waals surface area contributed by atoms with Gasteiger partial charge in [0.05, 0.1) is 4.92 Å². The molecule has 0 heterocycles. The van der Waals surface area contributed by atoms with E-state index in [1.54, 1.807) is 12.1 Å². The van der Waals surface area contributed by atoms with Crippen LogP contribution in [0, 0.1) is 10.1 Å². The van der Waals surface area contributed by atoms with Gasteiger partial charge in [-0.3, -0.25) is 10.1 Å². The fraction of sp³-hybridized carbons (Fsp3) is 0.333. The van der Waals surface area contributed by atoms with Crippen LogP contribution in [0.5, 0.6) is 0 Å². The molecular formula is C9H13ClN2O3. The van der Waals surface area contributed by atoms with E-state index >= 15 is 0 Å². The van der Waals surface area contributed by atoms with E-state index in [2.05, 4.69) is 0 Å². The van der Waals surface area contributed by atoms with E-state index in [-0.39, 0.29) is 30.7 Å². The molecule has 1 atom stereocenters. The van der Waals surface area contributed by atoms with Crippen molar-refractivity contribution in [2.45, 2.75) is 12.5 Å². The first-order valence-electron chi connectivity index (χ1n) is 4.26. The zero-order valence-corrected chi connectivity index (χ0v) is 8.81. The molecule has 0 unspecified atom stereocenters. The van der Waals surface area contributed by atoms with Gasteiger partial charge in [0.2, 0.25) is 0 Å².